The quantitative estimate of drug-likeness (QED) is 0.539. The Kier molecular flexibility index (Phi) is 6.98. The second-order valence-corrected chi connectivity index (χ2v) is 4.64. The average Bonchev–Trinajstić information content (AvgIpc) is 3.04. The van der Waals surface area contributed by atoms with Crippen molar-refractivity contribution in [3.8, 4) is 0 Å². The minimum atomic E-state index is 0.653. The molecule has 2 N–H and O–H groups in total. The molecule has 3 heteroatoms. The summed E-state index contributed by atoms with van der Waals surface area (Å²) in [7, 11) is 1.75. The highest BCUT2D eigenvalue weighted by molar-refractivity contribution is 4.77. The van der Waals surface area contributed by atoms with E-state index < -0.39 is 0 Å². The summed E-state index contributed by atoms with van der Waals surface area (Å²) in [5.74, 6) is 0.988. The molecular weight excluding hydrogens is 188 g/mol. The van der Waals surface area contributed by atoms with Gasteiger partial charge in [-0.05, 0) is 58.2 Å². The fraction of sp³-hybridized carbons (Fsp3) is 1.00. The van der Waals surface area contributed by atoms with Crippen LogP contribution in [0.2, 0.25) is 0 Å². The summed E-state index contributed by atoms with van der Waals surface area (Å²) in [4.78, 5) is 0. The molecule has 0 spiro atoms. The molecule has 0 radical (unpaired) electrons. The zero-order chi connectivity index (χ0) is 10.9. The van der Waals surface area contributed by atoms with Crippen LogP contribution in [0.15, 0.2) is 0 Å². The second kappa shape index (κ2) is 8.08. The standard InChI is InChI=1S/C12H26N2O/c1-11(14-10-12-4-5-12)6-8-13-7-3-9-15-2/h11-14H,3-10H2,1-2H3. The predicted molar refractivity (Wildman–Crippen MR) is 64.2 cm³/mol. The zero-order valence-corrected chi connectivity index (χ0v) is 10.2. The van der Waals surface area contributed by atoms with Gasteiger partial charge in [-0.1, -0.05) is 0 Å². The van der Waals surface area contributed by atoms with Gasteiger partial charge in [0, 0.05) is 19.8 Å². The van der Waals surface area contributed by atoms with Crippen LogP contribution in [0.3, 0.4) is 0 Å². The van der Waals surface area contributed by atoms with Crippen molar-refractivity contribution in [2.45, 2.75) is 38.6 Å². The molecule has 1 fully saturated rings. The highest BCUT2D eigenvalue weighted by Gasteiger charge is 2.20. The molecule has 90 valence electrons. The van der Waals surface area contributed by atoms with E-state index in [2.05, 4.69) is 17.6 Å². The average molecular weight is 214 g/mol. The van der Waals surface area contributed by atoms with Gasteiger partial charge in [-0.3, -0.25) is 0 Å². The van der Waals surface area contributed by atoms with Gasteiger partial charge < -0.3 is 15.4 Å². The molecule has 0 bridgehead atoms. The van der Waals surface area contributed by atoms with Crippen molar-refractivity contribution in [3.63, 3.8) is 0 Å². The van der Waals surface area contributed by atoms with Crippen molar-refractivity contribution >= 4 is 0 Å². The molecule has 1 unspecified atom stereocenters. The lowest BCUT2D eigenvalue weighted by molar-refractivity contribution is 0.194. The second-order valence-electron chi connectivity index (χ2n) is 4.64. The lowest BCUT2D eigenvalue weighted by Gasteiger charge is -2.13. The van der Waals surface area contributed by atoms with Crippen molar-refractivity contribution in [1.82, 2.24) is 10.6 Å². The molecule has 0 aliphatic heterocycles. The Hall–Kier alpha value is -0.120. The molecule has 1 aliphatic carbocycles. The number of methoxy groups -OCH3 is 1. The van der Waals surface area contributed by atoms with Crippen molar-refractivity contribution in [3.05, 3.63) is 0 Å². The van der Waals surface area contributed by atoms with E-state index in [0.29, 0.717) is 6.04 Å². The maximum Gasteiger partial charge on any atom is 0.0474 e. The minimum absolute atomic E-state index is 0.653. The van der Waals surface area contributed by atoms with Gasteiger partial charge in [0.2, 0.25) is 0 Å². The van der Waals surface area contributed by atoms with Crippen molar-refractivity contribution in [1.29, 1.82) is 0 Å². The summed E-state index contributed by atoms with van der Waals surface area (Å²) >= 11 is 0. The van der Waals surface area contributed by atoms with Gasteiger partial charge in [-0.15, -0.1) is 0 Å². The van der Waals surface area contributed by atoms with Crippen LogP contribution in [-0.2, 0) is 4.74 Å². The molecule has 0 aromatic heterocycles. The first kappa shape index (κ1) is 12.9. The molecule has 3 nitrogen and oxygen atoms in total. The van der Waals surface area contributed by atoms with Gasteiger partial charge in [0.15, 0.2) is 0 Å². The van der Waals surface area contributed by atoms with E-state index >= 15 is 0 Å². The molecule has 1 rings (SSSR count). The first-order valence-electron chi connectivity index (χ1n) is 6.26. The van der Waals surface area contributed by atoms with E-state index in [4.69, 9.17) is 4.74 Å². The normalized spacial score (nSPS) is 18.0. The SMILES string of the molecule is COCCCNCCC(C)NCC1CC1. The Bertz CT molecular complexity index is 149. The van der Waals surface area contributed by atoms with E-state index in [9.17, 15) is 0 Å². The van der Waals surface area contributed by atoms with Crippen LogP contribution in [0.25, 0.3) is 0 Å². The number of rotatable bonds is 10. The summed E-state index contributed by atoms with van der Waals surface area (Å²) in [6.45, 7) is 6.55. The van der Waals surface area contributed by atoms with E-state index in [1.54, 1.807) is 7.11 Å². The predicted octanol–water partition coefficient (Wildman–Crippen LogP) is 1.39. The highest BCUT2D eigenvalue weighted by atomic mass is 16.5. The Labute approximate surface area is 94.0 Å². The maximum atomic E-state index is 4.99. The number of ether oxygens (including phenoxy) is 1. The fourth-order valence-electron chi connectivity index (χ4n) is 1.58. The van der Waals surface area contributed by atoms with Gasteiger partial charge in [-0.25, -0.2) is 0 Å². The summed E-state index contributed by atoms with van der Waals surface area (Å²) in [6.07, 6.45) is 5.21. The molecule has 0 aromatic carbocycles. The largest absolute Gasteiger partial charge is 0.385 e. The minimum Gasteiger partial charge on any atom is -0.385 e. The number of nitrogens with one attached hydrogen (secondary N) is 2. The smallest absolute Gasteiger partial charge is 0.0474 e. The van der Waals surface area contributed by atoms with Crippen LogP contribution >= 0.6 is 0 Å². The zero-order valence-electron chi connectivity index (χ0n) is 10.2. The molecule has 0 saturated heterocycles. The van der Waals surface area contributed by atoms with Gasteiger partial charge in [-0.2, -0.15) is 0 Å². The van der Waals surface area contributed by atoms with Crippen molar-refractivity contribution < 1.29 is 4.74 Å². The third kappa shape index (κ3) is 7.77. The van der Waals surface area contributed by atoms with Crippen LogP contribution in [0.5, 0.6) is 0 Å². The topological polar surface area (TPSA) is 33.3 Å². The van der Waals surface area contributed by atoms with Crippen molar-refractivity contribution in [2.75, 3.05) is 33.4 Å². The molecule has 0 amide bonds. The summed E-state index contributed by atoms with van der Waals surface area (Å²) in [5.41, 5.74) is 0. The van der Waals surface area contributed by atoms with E-state index in [-0.39, 0.29) is 0 Å². The number of hydrogen-bond donors (Lipinski definition) is 2. The summed E-state index contributed by atoms with van der Waals surface area (Å²) in [5, 5.41) is 7.02. The molecule has 1 atom stereocenters. The first-order valence-corrected chi connectivity index (χ1v) is 6.26. The first-order chi connectivity index (χ1) is 7.33. The third-order valence-electron chi connectivity index (χ3n) is 2.91. The monoisotopic (exact) mass is 214 g/mol. The Balaban J connectivity index is 1.77. The highest BCUT2D eigenvalue weighted by Crippen LogP contribution is 2.27. The third-order valence-corrected chi connectivity index (χ3v) is 2.91. The fourth-order valence-corrected chi connectivity index (χ4v) is 1.58. The molecular formula is C12H26N2O. The van der Waals surface area contributed by atoms with Gasteiger partial charge in [0.25, 0.3) is 0 Å². The molecule has 0 aromatic rings. The maximum absolute atomic E-state index is 4.99. The van der Waals surface area contributed by atoms with Gasteiger partial charge in [0.05, 0.1) is 0 Å². The molecule has 1 saturated carbocycles. The summed E-state index contributed by atoms with van der Waals surface area (Å²) in [6, 6.07) is 0.653. The van der Waals surface area contributed by atoms with Gasteiger partial charge >= 0.3 is 0 Å². The van der Waals surface area contributed by atoms with Crippen LogP contribution < -0.4 is 10.6 Å². The van der Waals surface area contributed by atoms with Crippen LogP contribution in [0.1, 0.15) is 32.6 Å². The molecule has 0 heterocycles. The van der Waals surface area contributed by atoms with Gasteiger partial charge in [0.1, 0.15) is 0 Å². The van der Waals surface area contributed by atoms with Crippen LogP contribution in [-0.4, -0.2) is 39.4 Å². The lowest BCUT2D eigenvalue weighted by atomic mass is 10.2. The number of hydrogen-bond acceptors (Lipinski definition) is 3. The van der Waals surface area contributed by atoms with E-state index in [1.807, 2.05) is 0 Å². The summed E-state index contributed by atoms with van der Waals surface area (Å²) < 4.78 is 4.99. The molecule has 15 heavy (non-hydrogen) atoms. The Morgan fingerprint density at radius 2 is 2.13 bits per heavy atom. The Morgan fingerprint density at radius 1 is 1.33 bits per heavy atom. The van der Waals surface area contributed by atoms with E-state index in [1.165, 1.54) is 25.8 Å². The van der Waals surface area contributed by atoms with Crippen LogP contribution in [0.4, 0.5) is 0 Å². The van der Waals surface area contributed by atoms with Crippen LogP contribution in [0, 0.1) is 5.92 Å². The Morgan fingerprint density at radius 3 is 2.80 bits per heavy atom. The van der Waals surface area contributed by atoms with E-state index in [0.717, 1.165) is 32.0 Å². The van der Waals surface area contributed by atoms with Crippen molar-refractivity contribution in [2.24, 2.45) is 5.92 Å². The lowest BCUT2D eigenvalue weighted by Crippen LogP contribution is -2.31. The molecule has 1 aliphatic rings.